The van der Waals surface area contributed by atoms with Crippen LogP contribution in [0, 0.1) is 0 Å². The molecular formula is C8H15NO6. The van der Waals surface area contributed by atoms with Crippen molar-refractivity contribution in [3.63, 3.8) is 0 Å². The second-order valence-corrected chi connectivity index (χ2v) is 3.07. The maximum absolute atomic E-state index is 10.6. The molecule has 88 valence electrons. The Balaban J connectivity index is 3.94. The number of aliphatic hydroxyl groups is 2. The van der Waals surface area contributed by atoms with Crippen LogP contribution in [0.1, 0.15) is 12.8 Å². The van der Waals surface area contributed by atoms with Crippen molar-refractivity contribution >= 4 is 11.9 Å². The first-order valence-electron chi connectivity index (χ1n) is 4.44. The smallest absolute Gasteiger partial charge is 0.320 e. The van der Waals surface area contributed by atoms with Gasteiger partial charge in [0.25, 0.3) is 0 Å². The minimum atomic E-state index is -1.18. The van der Waals surface area contributed by atoms with E-state index in [4.69, 9.17) is 20.4 Å². The number of rotatable bonds is 8. The van der Waals surface area contributed by atoms with Crippen LogP contribution in [-0.2, 0) is 9.59 Å². The number of hydrogen-bond donors (Lipinski definition) is 5. The van der Waals surface area contributed by atoms with E-state index in [0.29, 0.717) is 0 Å². The standard InChI is InChI=1S/C8H15NO6/c10-4-5(11)3-9-6(8(14)15)1-2-7(12)13/h5-6,9-11H,1-4H2,(H,12,13)(H,14,15). The highest BCUT2D eigenvalue weighted by Crippen LogP contribution is 1.98. The summed E-state index contributed by atoms with van der Waals surface area (Å²) >= 11 is 0. The Morgan fingerprint density at radius 1 is 1.27 bits per heavy atom. The molecule has 2 unspecified atom stereocenters. The molecule has 0 aliphatic carbocycles. The van der Waals surface area contributed by atoms with Gasteiger partial charge in [-0.1, -0.05) is 0 Å². The van der Waals surface area contributed by atoms with Crippen LogP contribution in [0.15, 0.2) is 0 Å². The van der Waals surface area contributed by atoms with Gasteiger partial charge < -0.3 is 25.7 Å². The van der Waals surface area contributed by atoms with Crippen LogP contribution in [-0.4, -0.2) is 57.7 Å². The Hall–Kier alpha value is -1.18. The molecule has 0 aliphatic rings. The average molecular weight is 221 g/mol. The Morgan fingerprint density at radius 2 is 1.87 bits per heavy atom. The molecule has 0 aliphatic heterocycles. The number of aliphatic hydroxyl groups excluding tert-OH is 2. The molecular weight excluding hydrogens is 206 g/mol. The van der Waals surface area contributed by atoms with Gasteiger partial charge in [-0.15, -0.1) is 0 Å². The summed E-state index contributed by atoms with van der Waals surface area (Å²) in [7, 11) is 0. The van der Waals surface area contributed by atoms with E-state index in [1.165, 1.54) is 0 Å². The monoisotopic (exact) mass is 221 g/mol. The van der Waals surface area contributed by atoms with Crippen LogP contribution >= 0.6 is 0 Å². The lowest BCUT2D eigenvalue weighted by atomic mass is 10.1. The summed E-state index contributed by atoms with van der Waals surface area (Å²) in [6.07, 6.45) is -1.38. The molecule has 0 spiro atoms. The van der Waals surface area contributed by atoms with Crippen molar-refractivity contribution in [2.24, 2.45) is 0 Å². The molecule has 15 heavy (non-hydrogen) atoms. The van der Waals surface area contributed by atoms with Crippen molar-refractivity contribution in [1.82, 2.24) is 5.32 Å². The molecule has 0 aromatic carbocycles. The van der Waals surface area contributed by atoms with E-state index in [1.54, 1.807) is 0 Å². The van der Waals surface area contributed by atoms with Gasteiger partial charge in [-0.05, 0) is 6.42 Å². The number of carboxylic acid groups (broad SMARTS) is 2. The van der Waals surface area contributed by atoms with Gasteiger partial charge in [0.2, 0.25) is 0 Å². The molecule has 0 amide bonds. The third kappa shape index (κ3) is 6.83. The normalized spacial score (nSPS) is 14.5. The molecule has 5 N–H and O–H groups in total. The summed E-state index contributed by atoms with van der Waals surface area (Å²) in [6.45, 7) is -0.564. The van der Waals surface area contributed by atoms with Crippen LogP contribution in [0.4, 0.5) is 0 Å². The van der Waals surface area contributed by atoms with Crippen LogP contribution < -0.4 is 5.32 Å². The molecule has 0 radical (unpaired) electrons. The first kappa shape index (κ1) is 13.8. The second-order valence-electron chi connectivity index (χ2n) is 3.07. The van der Waals surface area contributed by atoms with E-state index < -0.39 is 30.7 Å². The third-order valence-electron chi connectivity index (χ3n) is 1.76. The van der Waals surface area contributed by atoms with Gasteiger partial charge in [-0.25, -0.2) is 0 Å². The van der Waals surface area contributed by atoms with Gasteiger partial charge in [0.05, 0.1) is 12.7 Å². The first-order valence-corrected chi connectivity index (χ1v) is 4.44. The molecule has 7 heteroatoms. The van der Waals surface area contributed by atoms with Gasteiger partial charge in [0.15, 0.2) is 0 Å². The fourth-order valence-corrected chi connectivity index (χ4v) is 0.924. The quantitative estimate of drug-likeness (QED) is 0.329. The van der Waals surface area contributed by atoms with Crippen molar-refractivity contribution < 1.29 is 30.0 Å². The fraction of sp³-hybridized carbons (Fsp3) is 0.750. The van der Waals surface area contributed by atoms with E-state index in [1.807, 2.05) is 0 Å². The zero-order valence-corrected chi connectivity index (χ0v) is 8.09. The van der Waals surface area contributed by atoms with E-state index in [2.05, 4.69) is 5.32 Å². The average Bonchev–Trinajstić information content (AvgIpc) is 2.16. The number of nitrogens with one attached hydrogen (secondary N) is 1. The first-order chi connectivity index (χ1) is 6.97. The Morgan fingerprint density at radius 3 is 2.27 bits per heavy atom. The summed E-state index contributed by atoms with van der Waals surface area (Å²) in [5, 5.41) is 36.9. The molecule has 0 aromatic heterocycles. The number of carbonyl (C=O) groups is 2. The van der Waals surface area contributed by atoms with Crippen molar-refractivity contribution in [1.29, 1.82) is 0 Å². The van der Waals surface area contributed by atoms with E-state index in [0.717, 1.165) is 0 Å². The highest BCUT2D eigenvalue weighted by molar-refractivity contribution is 5.75. The summed E-state index contributed by atoms with van der Waals surface area (Å²) in [5.74, 6) is -2.26. The minimum absolute atomic E-state index is 0.0667. The molecule has 2 atom stereocenters. The molecule has 0 heterocycles. The lowest BCUT2D eigenvalue weighted by Gasteiger charge is -2.15. The fourth-order valence-electron chi connectivity index (χ4n) is 0.924. The van der Waals surface area contributed by atoms with E-state index >= 15 is 0 Å². The molecule has 0 rings (SSSR count). The van der Waals surface area contributed by atoms with Crippen molar-refractivity contribution in [2.45, 2.75) is 25.0 Å². The maximum atomic E-state index is 10.6. The zero-order chi connectivity index (χ0) is 11.8. The van der Waals surface area contributed by atoms with Crippen molar-refractivity contribution in [3.8, 4) is 0 Å². The second kappa shape index (κ2) is 7.16. The zero-order valence-electron chi connectivity index (χ0n) is 8.09. The maximum Gasteiger partial charge on any atom is 0.320 e. The van der Waals surface area contributed by atoms with Crippen LogP contribution in [0.5, 0.6) is 0 Å². The van der Waals surface area contributed by atoms with E-state index in [9.17, 15) is 9.59 Å². The number of hydrogen-bond acceptors (Lipinski definition) is 5. The summed E-state index contributed by atoms with van der Waals surface area (Å²) in [5.41, 5.74) is 0. The summed E-state index contributed by atoms with van der Waals surface area (Å²) < 4.78 is 0. The van der Waals surface area contributed by atoms with Gasteiger partial charge >= 0.3 is 11.9 Å². The number of aliphatic carboxylic acids is 2. The molecule has 0 saturated heterocycles. The van der Waals surface area contributed by atoms with Gasteiger partial charge in [-0.2, -0.15) is 0 Å². The van der Waals surface area contributed by atoms with Crippen LogP contribution in [0.3, 0.4) is 0 Å². The lowest BCUT2D eigenvalue weighted by molar-refractivity contribution is -0.140. The van der Waals surface area contributed by atoms with Crippen LogP contribution in [0.25, 0.3) is 0 Å². The summed E-state index contributed by atoms with van der Waals surface area (Å²) in [4.78, 5) is 20.8. The molecule has 0 bridgehead atoms. The molecule has 0 aromatic rings. The SMILES string of the molecule is O=C(O)CCC(NCC(O)CO)C(=O)O. The summed E-state index contributed by atoms with van der Waals surface area (Å²) in [6, 6.07) is -1.03. The predicted octanol–water partition coefficient (Wildman–Crippen LogP) is -1.75. The predicted molar refractivity (Wildman–Crippen MR) is 49.4 cm³/mol. The molecule has 7 nitrogen and oxygen atoms in total. The number of carboxylic acids is 2. The molecule has 0 saturated carbocycles. The highest BCUT2D eigenvalue weighted by atomic mass is 16.4. The van der Waals surface area contributed by atoms with Gasteiger partial charge in [0.1, 0.15) is 6.04 Å². The largest absolute Gasteiger partial charge is 0.481 e. The Labute approximate surface area is 86.3 Å². The topological polar surface area (TPSA) is 127 Å². The van der Waals surface area contributed by atoms with Gasteiger partial charge in [0, 0.05) is 13.0 Å². The third-order valence-corrected chi connectivity index (χ3v) is 1.76. The van der Waals surface area contributed by atoms with Crippen molar-refractivity contribution in [3.05, 3.63) is 0 Å². The Bertz CT molecular complexity index is 219. The Kier molecular flexibility index (Phi) is 6.59. The highest BCUT2D eigenvalue weighted by Gasteiger charge is 2.18. The lowest BCUT2D eigenvalue weighted by Crippen LogP contribution is -2.42. The van der Waals surface area contributed by atoms with E-state index in [-0.39, 0.29) is 19.4 Å². The van der Waals surface area contributed by atoms with Crippen LogP contribution in [0.2, 0.25) is 0 Å². The van der Waals surface area contributed by atoms with Gasteiger partial charge in [-0.3, -0.25) is 9.59 Å². The molecule has 0 fully saturated rings. The van der Waals surface area contributed by atoms with Crippen molar-refractivity contribution in [2.75, 3.05) is 13.2 Å². The minimum Gasteiger partial charge on any atom is -0.481 e.